The van der Waals surface area contributed by atoms with E-state index in [1.165, 1.54) is 25.0 Å². The van der Waals surface area contributed by atoms with Crippen LogP contribution in [0.2, 0.25) is 0 Å². The Morgan fingerprint density at radius 2 is 1.90 bits per heavy atom. The zero-order valence-electron chi connectivity index (χ0n) is 17.4. The molecule has 2 aliphatic heterocycles. The van der Waals surface area contributed by atoms with Gasteiger partial charge in [-0.25, -0.2) is 13.9 Å². The van der Waals surface area contributed by atoms with E-state index in [0.717, 1.165) is 60.0 Å². The standard InChI is InChI=1S/C23H24FN7/c1-15-8-20(19-3-2-16(24)9-22(19)28-15)21-11-27-31-12-18(10-26-23(21)31)29-6-4-17(5-7-29)30-13-25-14-30/h2-3,8-12,17,25H,4-7,13-14H2,1H3. The van der Waals surface area contributed by atoms with Crippen molar-refractivity contribution in [2.45, 2.75) is 25.8 Å². The summed E-state index contributed by atoms with van der Waals surface area (Å²) in [5, 5.41) is 8.81. The van der Waals surface area contributed by atoms with Crippen molar-refractivity contribution in [3.8, 4) is 11.1 Å². The number of fused-ring (bicyclic) bond motifs is 2. The number of pyridine rings is 1. The molecule has 2 fully saturated rings. The predicted octanol–water partition coefficient (Wildman–Crippen LogP) is 3.18. The number of anilines is 1. The Morgan fingerprint density at radius 1 is 1.06 bits per heavy atom. The Morgan fingerprint density at radius 3 is 2.68 bits per heavy atom. The highest BCUT2D eigenvalue weighted by Crippen LogP contribution is 2.32. The van der Waals surface area contributed by atoms with Crippen molar-refractivity contribution in [3.63, 3.8) is 0 Å². The first-order valence-corrected chi connectivity index (χ1v) is 10.8. The lowest BCUT2D eigenvalue weighted by Crippen LogP contribution is -2.58. The third-order valence-corrected chi connectivity index (χ3v) is 6.51. The minimum Gasteiger partial charge on any atom is -0.369 e. The maximum absolute atomic E-state index is 13.7. The number of hydrogen-bond donors (Lipinski definition) is 1. The zero-order chi connectivity index (χ0) is 20.9. The van der Waals surface area contributed by atoms with Crippen molar-refractivity contribution in [3.05, 3.63) is 54.4 Å². The zero-order valence-corrected chi connectivity index (χ0v) is 17.4. The summed E-state index contributed by atoms with van der Waals surface area (Å²) in [4.78, 5) is 14.2. The Balaban J connectivity index is 1.33. The second kappa shape index (κ2) is 7.25. The summed E-state index contributed by atoms with van der Waals surface area (Å²) in [5.41, 5.74) is 5.27. The van der Waals surface area contributed by atoms with Gasteiger partial charge in [0.25, 0.3) is 0 Å². The van der Waals surface area contributed by atoms with Crippen LogP contribution in [0, 0.1) is 12.7 Å². The molecule has 5 heterocycles. The molecule has 2 saturated heterocycles. The lowest BCUT2D eigenvalue weighted by molar-refractivity contribution is 0.0683. The molecule has 6 rings (SSSR count). The average molecular weight is 417 g/mol. The number of aromatic nitrogens is 4. The van der Waals surface area contributed by atoms with E-state index in [1.54, 1.807) is 6.07 Å². The van der Waals surface area contributed by atoms with Gasteiger partial charge < -0.3 is 4.90 Å². The number of rotatable bonds is 3. The van der Waals surface area contributed by atoms with Gasteiger partial charge in [0.15, 0.2) is 5.65 Å². The SMILES string of the molecule is Cc1cc(-c2cnn3cc(N4CCC(N5CNC5)CC4)cnc23)c2ccc(F)cc2n1. The highest BCUT2D eigenvalue weighted by molar-refractivity contribution is 5.98. The molecule has 1 N–H and O–H groups in total. The summed E-state index contributed by atoms with van der Waals surface area (Å²) in [6, 6.07) is 7.42. The molecule has 0 unspecified atom stereocenters. The molecule has 0 atom stereocenters. The van der Waals surface area contributed by atoms with Crippen LogP contribution >= 0.6 is 0 Å². The van der Waals surface area contributed by atoms with E-state index in [0.29, 0.717) is 11.6 Å². The molecule has 0 bridgehead atoms. The van der Waals surface area contributed by atoms with Crippen molar-refractivity contribution in [1.29, 1.82) is 0 Å². The summed E-state index contributed by atoms with van der Waals surface area (Å²) in [6.45, 7) is 6.02. The number of aryl methyl sites for hydroxylation is 1. The predicted molar refractivity (Wildman–Crippen MR) is 118 cm³/mol. The fraction of sp³-hybridized carbons (Fsp3) is 0.348. The number of hydrogen-bond acceptors (Lipinski definition) is 6. The van der Waals surface area contributed by atoms with E-state index < -0.39 is 0 Å². The Bertz CT molecular complexity index is 1270. The molecule has 0 aliphatic carbocycles. The maximum Gasteiger partial charge on any atom is 0.162 e. The second-order valence-corrected chi connectivity index (χ2v) is 8.48. The topological polar surface area (TPSA) is 61.6 Å². The lowest BCUT2D eigenvalue weighted by atomic mass is 10.0. The largest absolute Gasteiger partial charge is 0.369 e. The van der Waals surface area contributed by atoms with Crippen molar-refractivity contribution < 1.29 is 4.39 Å². The molecule has 0 saturated carbocycles. The van der Waals surface area contributed by atoms with Gasteiger partial charge in [-0.15, -0.1) is 0 Å². The maximum atomic E-state index is 13.7. The Labute approximate surface area is 179 Å². The van der Waals surface area contributed by atoms with Gasteiger partial charge in [-0.2, -0.15) is 5.10 Å². The van der Waals surface area contributed by atoms with Gasteiger partial charge in [0.05, 0.1) is 43.1 Å². The van der Waals surface area contributed by atoms with Crippen molar-refractivity contribution in [2.24, 2.45) is 0 Å². The van der Waals surface area contributed by atoms with Crippen LogP contribution in [-0.2, 0) is 0 Å². The van der Waals surface area contributed by atoms with E-state index >= 15 is 0 Å². The summed E-state index contributed by atoms with van der Waals surface area (Å²) in [7, 11) is 0. The molecule has 0 radical (unpaired) electrons. The first-order chi connectivity index (χ1) is 15.2. The second-order valence-electron chi connectivity index (χ2n) is 8.48. The molecule has 0 spiro atoms. The number of halogens is 1. The van der Waals surface area contributed by atoms with Crippen molar-refractivity contribution in [2.75, 3.05) is 31.3 Å². The fourth-order valence-electron chi connectivity index (χ4n) is 4.76. The molecule has 2 aliphatic rings. The Kier molecular flexibility index (Phi) is 4.36. The smallest absolute Gasteiger partial charge is 0.162 e. The van der Waals surface area contributed by atoms with E-state index in [9.17, 15) is 4.39 Å². The quantitative estimate of drug-likeness (QED) is 0.553. The van der Waals surface area contributed by atoms with E-state index in [1.807, 2.05) is 29.9 Å². The molecule has 3 aromatic heterocycles. The molecule has 7 nitrogen and oxygen atoms in total. The van der Waals surface area contributed by atoms with Gasteiger partial charge in [0.2, 0.25) is 0 Å². The van der Waals surface area contributed by atoms with Crippen LogP contribution in [0.1, 0.15) is 18.5 Å². The minimum absolute atomic E-state index is 0.284. The number of nitrogens with zero attached hydrogens (tertiary/aromatic N) is 6. The van der Waals surface area contributed by atoms with Crippen LogP contribution < -0.4 is 10.2 Å². The van der Waals surface area contributed by atoms with Gasteiger partial charge in [0.1, 0.15) is 5.82 Å². The van der Waals surface area contributed by atoms with Crippen LogP contribution in [0.5, 0.6) is 0 Å². The number of piperidine rings is 1. The third kappa shape index (κ3) is 3.23. The molecule has 31 heavy (non-hydrogen) atoms. The minimum atomic E-state index is -0.284. The molecule has 8 heteroatoms. The number of benzene rings is 1. The van der Waals surface area contributed by atoms with Crippen molar-refractivity contribution >= 4 is 22.2 Å². The first kappa shape index (κ1) is 18.7. The van der Waals surface area contributed by atoms with Crippen LogP contribution in [0.15, 0.2) is 42.9 Å². The monoisotopic (exact) mass is 417 g/mol. The summed E-state index contributed by atoms with van der Waals surface area (Å²) in [6.07, 6.45) is 8.19. The molecular weight excluding hydrogens is 393 g/mol. The van der Waals surface area contributed by atoms with Gasteiger partial charge in [-0.3, -0.25) is 15.2 Å². The molecular formula is C23H24FN7. The fourth-order valence-corrected chi connectivity index (χ4v) is 4.76. The average Bonchev–Trinajstić information content (AvgIpc) is 3.15. The molecule has 1 aromatic carbocycles. The summed E-state index contributed by atoms with van der Waals surface area (Å²) >= 11 is 0. The molecule has 158 valence electrons. The van der Waals surface area contributed by atoms with E-state index in [2.05, 4.69) is 31.4 Å². The lowest BCUT2D eigenvalue weighted by Gasteiger charge is -2.43. The van der Waals surface area contributed by atoms with Crippen LogP contribution in [-0.4, -0.2) is 57.0 Å². The summed E-state index contributed by atoms with van der Waals surface area (Å²) < 4.78 is 15.6. The highest BCUT2D eigenvalue weighted by Gasteiger charge is 2.28. The summed E-state index contributed by atoms with van der Waals surface area (Å²) in [5.74, 6) is -0.284. The van der Waals surface area contributed by atoms with Crippen LogP contribution in [0.25, 0.3) is 27.7 Å². The van der Waals surface area contributed by atoms with Gasteiger partial charge in [0, 0.05) is 41.8 Å². The van der Waals surface area contributed by atoms with Gasteiger partial charge >= 0.3 is 0 Å². The number of nitrogens with one attached hydrogen (secondary N) is 1. The molecule has 0 amide bonds. The van der Waals surface area contributed by atoms with Crippen LogP contribution in [0.4, 0.5) is 10.1 Å². The van der Waals surface area contributed by atoms with Gasteiger partial charge in [-0.1, -0.05) is 0 Å². The third-order valence-electron chi connectivity index (χ3n) is 6.51. The van der Waals surface area contributed by atoms with Gasteiger partial charge in [-0.05, 0) is 43.5 Å². The van der Waals surface area contributed by atoms with Crippen molar-refractivity contribution in [1.82, 2.24) is 29.8 Å². The van der Waals surface area contributed by atoms with E-state index in [4.69, 9.17) is 4.98 Å². The normalized spacial score (nSPS) is 18.1. The first-order valence-electron chi connectivity index (χ1n) is 10.8. The molecule has 4 aromatic rings. The Hall–Kier alpha value is -3.10. The highest BCUT2D eigenvalue weighted by atomic mass is 19.1. The van der Waals surface area contributed by atoms with E-state index in [-0.39, 0.29) is 5.82 Å². The van der Waals surface area contributed by atoms with Crippen LogP contribution in [0.3, 0.4) is 0 Å².